The quantitative estimate of drug-likeness (QED) is 0.254. The van der Waals surface area contributed by atoms with Gasteiger partial charge in [0.1, 0.15) is 11.8 Å². The number of para-hydroxylation sites is 1. The largest absolute Gasteiger partial charge is 0.419 e. The zero-order valence-electron chi connectivity index (χ0n) is 20.0. The highest BCUT2D eigenvalue weighted by atomic mass is 32.1. The van der Waals surface area contributed by atoms with Crippen molar-refractivity contribution in [2.24, 2.45) is 0 Å². The van der Waals surface area contributed by atoms with Gasteiger partial charge in [-0.25, -0.2) is 24.9 Å². The number of benzene rings is 1. The van der Waals surface area contributed by atoms with Gasteiger partial charge in [-0.1, -0.05) is 18.2 Å². The summed E-state index contributed by atoms with van der Waals surface area (Å²) in [6, 6.07) is 14.3. The van der Waals surface area contributed by atoms with E-state index in [-0.39, 0.29) is 0 Å². The molecule has 0 aliphatic heterocycles. The third kappa shape index (κ3) is 2.85. The van der Waals surface area contributed by atoms with Crippen LogP contribution in [0.3, 0.4) is 0 Å². The molecule has 39 heavy (non-hydrogen) atoms. The zero-order chi connectivity index (χ0) is 25.5. The molecule has 9 rings (SSSR count). The van der Waals surface area contributed by atoms with Crippen LogP contribution in [0.5, 0.6) is 0 Å². The first-order chi connectivity index (χ1) is 19.3. The summed E-state index contributed by atoms with van der Waals surface area (Å²) in [7, 11) is 0. The van der Waals surface area contributed by atoms with Gasteiger partial charge in [-0.2, -0.15) is 0 Å². The summed E-state index contributed by atoms with van der Waals surface area (Å²) in [5, 5.41) is 3.81. The fourth-order valence-corrected chi connectivity index (χ4v) is 6.50. The van der Waals surface area contributed by atoms with Crippen LogP contribution in [-0.4, -0.2) is 39.5 Å². The van der Waals surface area contributed by atoms with Crippen molar-refractivity contribution in [2.75, 3.05) is 0 Å². The molecule has 0 spiro atoms. The Labute approximate surface area is 222 Å². The van der Waals surface area contributed by atoms with E-state index in [0.717, 1.165) is 70.1 Å². The highest BCUT2D eigenvalue weighted by Crippen LogP contribution is 2.39. The average molecular weight is 523 g/mol. The SMILES string of the molecule is c1ccc2c(c1)c1nccnc1n2-c1cnc2oc3ncc(-c4nccc5c4sc4cncnc45)cc3c2c1. The average Bonchev–Trinajstić information content (AvgIpc) is 3.66. The number of thiophene rings is 1. The first-order valence-corrected chi connectivity index (χ1v) is 13.0. The first-order valence-electron chi connectivity index (χ1n) is 12.2. The monoisotopic (exact) mass is 522 g/mol. The predicted octanol–water partition coefficient (Wildman–Crippen LogP) is 6.48. The van der Waals surface area contributed by atoms with Crippen LogP contribution in [0.4, 0.5) is 0 Å². The van der Waals surface area contributed by atoms with E-state index >= 15 is 0 Å². The Morgan fingerprint density at radius 1 is 0.692 bits per heavy atom. The molecule has 8 heterocycles. The van der Waals surface area contributed by atoms with Crippen LogP contribution >= 0.6 is 11.3 Å². The molecule has 8 aromatic heterocycles. The van der Waals surface area contributed by atoms with Crippen LogP contribution in [0.15, 0.2) is 90.4 Å². The number of hydrogen-bond acceptors (Lipinski definition) is 9. The van der Waals surface area contributed by atoms with Crippen molar-refractivity contribution in [1.29, 1.82) is 0 Å². The number of hydrogen-bond donors (Lipinski definition) is 0. The van der Waals surface area contributed by atoms with E-state index in [4.69, 9.17) is 9.40 Å². The van der Waals surface area contributed by atoms with Gasteiger partial charge in [-0.15, -0.1) is 11.3 Å². The Balaban J connectivity index is 1.29. The van der Waals surface area contributed by atoms with Crippen molar-refractivity contribution in [3.05, 3.63) is 86.0 Å². The van der Waals surface area contributed by atoms with Gasteiger partial charge in [0.05, 0.1) is 48.8 Å². The lowest BCUT2D eigenvalue weighted by Crippen LogP contribution is -1.96. The minimum Gasteiger partial charge on any atom is -0.419 e. The van der Waals surface area contributed by atoms with Gasteiger partial charge in [0, 0.05) is 47.3 Å². The highest BCUT2D eigenvalue weighted by Gasteiger charge is 2.18. The van der Waals surface area contributed by atoms with Gasteiger partial charge >= 0.3 is 0 Å². The van der Waals surface area contributed by atoms with E-state index in [0.29, 0.717) is 11.4 Å². The van der Waals surface area contributed by atoms with E-state index in [2.05, 4.69) is 58.7 Å². The van der Waals surface area contributed by atoms with Gasteiger partial charge in [0.2, 0.25) is 11.4 Å². The summed E-state index contributed by atoms with van der Waals surface area (Å²) in [4.78, 5) is 32.0. The predicted molar refractivity (Wildman–Crippen MR) is 151 cm³/mol. The third-order valence-corrected chi connectivity index (χ3v) is 8.18. The molecule has 0 saturated carbocycles. The maximum atomic E-state index is 6.03. The van der Waals surface area contributed by atoms with Crippen LogP contribution < -0.4 is 0 Å². The van der Waals surface area contributed by atoms with Crippen LogP contribution in [0.1, 0.15) is 0 Å². The number of rotatable bonds is 2. The molecule has 0 radical (unpaired) electrons. The fraction of sp³-hybridized carbons (Fsp3) is 0. The molecule has 10 heteroatoms. The summed E-state index contributed by atoms with van der Waals surface area (Å²) in [5.74, 6) is 0. The minimum absolute atomic E-state index is 0.522. The van der Waals surface area contributed by atoms with E-state index in [1.54, 1.807) is 42.5 Å². The number of fused-ring (bicyclic) bond motifs is 9. The summed E-state index contributed by atoms with van der Waals surface area (Å²) >= 11 is 1.63. The second-order valence-electron chi connectivity index (χ2n) is 9.18. The molecule has 1 aromatic carbocycles. The maximum Gasteiger partial charge on any atom is 0.229 e. The van der Waals surface area contributed by atoms with Crippen LogP contribution in [0, 0.1) is 0 Å². The van der Waals surface area contributed by atoms with Gasteiger partial charge in [0.15, 0.2) is 5.65 Å². The van der Waals surface area contributed by atoms with Crippen molar-refractivity contribution in [2.45, 2.75) is 0 Å². The Hall–Kier alpha value is -5.35. The van der Waals surface area contributed by atoms with Crippen molar-refractivity contribution in [3.8, 4) is 16.9 Å². The molecular formula is C29H14N8OS. The molecule has 0 aliphatic carbocycles. The number of pyridine rings is 3. The number of nitrogens with zero attached hydrogens (tertiary/aromatic N) is 8. The van der Waals surface area contributed by atoms with Gasteiger partial charge in [0.25, 0.3) is 0 Å². The van der Waals surface area contributed by atoms with E-state index < -0.39 is 0 Å². The summed E-state index contributed by atoms with van der Waals surface area (Å²) in [6.45, 7) is 0. The smallest absolute Gasteiger partial charge is 0.229 e. The first kappa shape index (κ1) is 20.7. The molecule has 0 saturated heterocycles. The van der Waals surface area contributed by atoms with Crippen LogP contribution in [0.25, 0.3) is 81.5 Å². The Bertz CT molecular complexity index is 2370. The lowest BCUT2D eigenvalue weighted by atomic mass is 10.1. The molecule has 9 aromatic rings. The van der Waals surface area contributed by atoms with Gasteiger partial charge < -0.3 is 4.42 Å². The summed E-state index contributed by atoms with van der Waals surface area (Å²) < 4.78 is 10.2. The lowest BCUT2D eigenvalue weighted by molar-refractivity contribution is 0.640. The van der Waals surface area contributed by atoms with E-state index in [1.165, 1.54) is 0 Å². The molecule has 0 N–H and O–H groups in total. The number of furan rings is 1. The molecular weight excluding hydrogens is 508 g/mol. The summed E-state index contributed by atoms with van der Waals surface area (Å²) in [5.41, 5.74) is 7.21. The van der Waals surface area contributed by atoms with Crippen molar-refractivity contribution < 1.29 is 4.42 Å². The van der Waals surface area contributed by atoms with Crippen molar-refractivity contribution in [1.82, 2.24) is 39.5 Å². The van der Waals surface area contributed by atoms with Crippen LogP contribution in [-0.2, 0) is 0 Å². The zero-order valence-corrected chi connectivity index (χ0v) is 20.8. The number of aromatic nitrogens is 8. The normalized spacial score (nSPS) is 12.1. The minimum atomic E-state index is 0.522. The Morgan fingerprint density at radius 2 is 1.56 bits per heavy atom. The standard InChI is InChI=1S/C29H14N8OS/c1-2-4-21-17(3-1)25-27(33-8-7-32-25)37(21)16-10-20-19-9-15(11-34-28(19)38-29(20)35-12-16)23-26-18(5-6-31-23)24-22(39-26)13-30-14-36-24/h1-14H. The molecule has 0 fully saturated rings. The molecule has 0 bridgehead atoms. The fourth-order valence-electron chi connectivity index (χ4n) is 5.36. The lowest BCUT2D eigenvalue weighted by Gasteiger charge is -2.06. The molecule has 0 unspecified atom stereocenters. The molecule has 9 nitrogen and oxygen atoms in total. The van der Waals surface area contributed by atoms with Crippen LogP contribution in [0.2, 0.25) is 0 Å². The summed E-state index contributed by atoms with van der Waals surface area (Å²) in [6.07, 6.45) is 12.3. The second kappa shape index (κ2) is 7.59. The van der Waals surface area contributed by atoms with Gasteiger partial charge in [-0.3, -0.25) is 14.5 Å². The topological polar surface area (TPSA) is 108 Å². The molecule has 0 atom stereocenters. The van der Waals surface area contributed by atoms with Crippen molar-refractivity contribution >= 4 is 75.9 Å². The molecule has 182 valence electrons. The van der Waals surface area contributed by atoms with Crippen molar-refractivity contribution in [3.63, 3.8) is 0 Å². The maximum absolute atomic E-state index is 6.03. The second-order valence-corrected chi connectivity index (χ2v) is 10.2. The molecule has 0 aliphatic rings. The van der Waals surface area contributed by atoms with Gasteiger partial charge in [-0.05, 0) is 24.3 Å². The Morgan fingerprint density at radius 3 is 2.54 bits per heavy atom. The highest BCUT2D eigenvalue weighted by molar-refractivity contribution is 7.26. The Kier molecular flexibility index (Phi) is 4.02. The third-order valence-electron chi connectivity index (χ3n) is 7.04. The molecule has 0 amide bonds. The van der Waals surface area contributed by atoms with E-state index in [9.17, 15) is 0 Å². The van der Waals surface area contributed by atoms with E-state index in [1.807, 2.05) is 30.6 Å².